The number of fused-ring (bicyclic) bond motifs is 6. The molecule has 0 saturated carbocycles. The van der Waals surface area contributed by atoms with E-state index in [0.29, 0.717) is 76.2 Å². The molecular formula is C77H92N7O14S2+. The van der Waals surface area contributed by atoms with E-state index in [1.165, 1.54) is 17.2 Å². The second kappa shape index (κ2) is 32.4. The van der Waals surface area contributed by atoms with Crippen LogP contribution in [0.4, 0.5) is 16.2 Å². The Balaban J connectivity index is 0.725. The average Bonchev–Trinajstić information content (AvgIpc) is 1.56. The van der Waals surface area contributed by atoms with E-state index in [1.807, 2.05) is 134 Å². The number of amides is 3. The maximum Gasteiger partial charge on any atom is 0.407 e. The molecule has 100 heavy (non-hydrogen) atoms. The first kappa shape index (κ1) is 74.1. The van der Waals surface area contributed by atoms with Gasteiger partial charge in [0.1, 0.15) is 29.8 Å². The quantitative estimate of drug-likeness (QED) is 0.00700. The number of hydrogen-bond acceptors (Lipinski definition) is 15. The predicted molar refractivity (Wildman–Crippen MR) is 387 cm³/mol. The molecule has 3 aliphatic heterocycles. The van der Waals surface area contributed by atoms with E-state index in [0.717, 1.165) is 96.5 Å². The zero-order valence-electron chi connectivity index (χ0n) is 58.2. The van der Waals surface area contributed by atoms with E-state index < -0.39 is 49.1 Å². The third kappa shape index (κ3) is 17.2. The molecule has 10 rings (SSSR count). The van der Waals surface area contributed by atoms with Crippen molar-refractivity contribution in [3.8, 4) is 16.9 Å². The molecular weight excluding hydrogens is 1310 g/mol. The SMILES string of the molecule is CC[N+]1=C(/C=C/C=C/C=C2/N(CCCCCC(=O)N3CCN(CCOCCON(Cc4ccc(-c5ccc(OC)cc5)cc4)[C@H](CCNC(=O)OCc4ccccc4)C(=O)NO)CC3)c3ccc4c(S(=O)(=O)O)cc(C)cc4c3C2(C)C)C(C)(C)c2c1ccc1c(C)cc(S(=O)(=O)O)cc21. The summed E-state index contributed by atoms with van der Waals surface area (Å²) in [5, 5.41) is 16.9. The van der Waals surface area contributed by atoms with Crippen LogP contribution in [0, 0.1) is 13.8 Å². The molecule has 530 valence electrons. The Morgan fingerprint density at radius 1 is 0.710 bits per heavy atom. The van der Waals surface area contributed by atoms with Crippen LogP contribution in [0.25, 0.3) is 32.7 Å². The number of alkyl carbamates (subject to hydrolysis) is 1. The summed E-state index contributed by atoms with van der Waals surface area (Å²) < 4.78 is 89.8. The van der Waals surface area contributed by atoms with E-state index in [4.69, 9.17) is 19.0 Å². The van der Waals surface area contributed by atoms with Crippen LogP contribution in [0.1, 0.15) is 100 Å². The summed E-state index contributed by atoms with van der Waals surface area (Å²) in [7, 11) is -7.37. The molecule has 3 amide bonds. The van der Waals surface area contributed by atoms with Crippen LogP contribution in [0.2, 0.25) is 0 Å². The van der Waals surface area contributed by atoms with E-state index in [1.54, 1.807) is 24.7 Å². The monoisotopic (exact) mass is 1400 g/mol. The molecule has 7 aromatic carbocycles. The zero-order valence-corrected chi connectivity index (χ0v) is 59.8. The van der Waals surface area contributed by atoms with Crippen LogP contribution in [-0.2, 0) is 68.1 Å². The van der Waals surface area contributed by atoms with Gasteiger partial charge in [0.05, 0.1) is 37.2 Å². The Kier molecular flexibility index (Phi) is 24.0. The third-order valence-electron chi connectivity index (χ3n) is 19.2. The highest BCUT2D eigenvalue weighted by molar-refractivity contribution is 7.86. The molecule has 5 N–H and O–H groups in total. The van der Waals surface area contributed by atoms with Gasteiger partial charge in [-0.1, -0.05) is 117 Å². The second-order valence-corrected chi connectivity index (χ2v) is 29.4. The molecule has 0 bridgehead atoms. The summed E-state index contributed by atoms with van der Waals surface area (Å²) in [5.74, 6) is 0.144. The lowest BCUT2D eigenvalue weighted by Gasteiger charge is -2.34. The van der Waals surface area contributed by atoms with Crippen molar-refractivity contribution >= 4 is 76.8 Å². The van der Waals surface area contributed by atoms with E-state index in [-0.39, 0.29) is 55.0 Å². The highest BCUT2D eigenvalue weighted by Gasteiger charge is 2.46. The number of piperazine rings is 1. The fourth-order valence-electron chi connectivity index (χ4n) is 14.1. The molecule has 0 aliphatic carbocycles. The standard InChI is InChI=1S/C77H91N7O14S2/c1-9-82-65-34-32-61-54(3)49-60(99(89,90)91)50-64(61)73(65)76(4,5)69(82)21-15-11-16-22-70-77(6,7)72-63-47-53(2)48-68(100(92,93)94)62(63)33-35-66(72)83(70)38-18-12-17-23-71(85)81-41-39-80(40-42-81)43-44-96-45-46-98-84(51-55-24-26-57(27-25-55)58-28-30-59(95-8)31-29-58)67(74(86)79-88)36-37-78-75(87)97-52-56-19-13-10-14-20-56/h10-11,13-16,19-22,24-35,47-50,67H,9,12,17-18,23,36-46,51-52H2,1-8H3,(H4-,78,79,86,87,88,89,90,91,92,93,94)/p+1/t67-/m1/s1. The number of carbonyl (C=O) groups is 3. The number of nitrogens with one attached hydrogen (secondary N) is 2. The average molecular weight is 1400 g/mol. The van der Waals surface area contributed by atoms with Crippen molar-refractivity contribution in [3.05, 3.63) is 197 Å². The largest absolute Gasteiger partial charge is 0.497 e. The third-order valence-corrected chi connectivity index (χ3v) is 21.0. The summed E-state index contributed by atoms with van der Waals surface area (Å²) in [6.45, 7) is 19.7. The number of hydrogen-bond donors (Lipinski definition) is 5. The Morgan fingerprint density at radius 3 is 2.09 bits per heavy atom. The van der Waals surface area contributed by atoms with Crippen LogP contribution in [0.5, 0.6) is 5.75 Å². The maximum atomic E-state index is 13.7. The van der Waals surface area contributed by atoms with Gasteiger partial charge in [-0.3, -0.25) is 33.6 Å². The smallest absolute Gasteiger partial charge is 0.407 e. The molecule has 21 nitrogen and oxygen atoms in total. The number of anilines is 1. The molecule has 7 aromatic rings. The van der Waals surface area contributed by atoms with Gasteiger partial charge in [0, 0.05) is 98.7 Å². The van der Waals surface area contributed by atoms with E-state index in [9.17, 15) is 45.5 Å². The van der Waals surface area contributed by atoms with Crippen molar-refractivity contribution in [1.29, 1.82) is 0 Å². The summed E-state index contributed by atoms with van der Waals surface area (Å²) in [6.07, 6.45) is 12.3. The number of rotatable bonds is 30. The molecule has 0 unspecified atom stereocenters. The van der Waals surface area contributed by atoms with Crippen LogP contribution in [-0.4, -0.2) is 160 Å². The highest BCUT2D eigenvalue weighted by atomic mass is 32.2. The summed E-state index contributed by atoms with van der Waals surface area (Å²) in [4.78, 5) is 52.1. The zero-order chi connectivity index (χ0) is 71.5. The second-order valence-electron chi connectivity index (χ2n) is 26.6. The van der Waals surface area contributed by atoms with Gasteiger partial charge < -0.3 is 29.3 Å². The Labute approximate surface area is 586 Å². The van der Waals surface area contributed by atoms with Crippen LogP contribution >= 0.6 is 0 Å². The van der Waals surface area contributed by atoms with Crippen LogP contribution in [0.15, 0.2) is 173 Å². The molecule has 1 saturated heterocycles. The topological polar surface area (TPSA) is 257 Å². The number of ether oxygens (including phenoxy) is 3. The summed E-state index contributed by atoms with van der Waals surface area (Å²) in [6, 6.07) is 38.2. The number of unbranched alkanes of at least 4 members (excludes halogenated alkanes) is 2. The molecule has 3 aliphatic rings. The van der Waals surface area contributed by atoms with Crippen molar-refractivity contribution < 1.29 is 69.2 Å². The lowest BCUT2D eigenvalue weighted by atomic mass is 9.78. The Hall–Kier alpha value is -8.62. The van der Waals surface area contributed by atoms with Gasteiger partial charge in [0.2, 0.25) is 11.6 Å². The first-order chi connectivity index (χ1) is 47.8. The van der Waals surface area contributed by atoms with Crippen molar-refractivity contribution in [2.24, 2.45) is 0 Å². The lowest BCUT2D eigenvalue weighted by molar-refractivity contribution is -0.433. The lowest BCUT2D eigenvalue weighted by Crippen LogP contribution is -2.49. The van der Waals surface area contributed by atoms with Gasteiger partial charge in [-0.05, 0) is 158 Å². The maximum absolute atomic E-state index is 13.7. The van der Waals surface area contributed by atoms with Crippen LogP contribution in [0.3, 0.4) is 0 Å². The predicted octanol–water partition coefficient (Wildman–Crippen LogP) is 12.3. The fraction of sp³-hybridized carbons (Fsp3) is 0.377. The molecule has 23 heteroatoms. The first-order valence-electron chi connectivity index (χ1n) is 34.0. The highest BCUT2D eigenvalue weighted by Crippen LogP contribution is 2.52. The summed E-state index contributed by atoms with van der Waals surface area (Å²) in [5.41, 5.74) is 11.6. The molecule has 3 heterocycles. The molecule has 0 radical (unpaired) electrons. The van der Waals surface area contributed by atoms with Gasteiger partial charge in [-0.25, -0.2) is 10.3 Å². The minimum absolute atomic E-state index is 0.0455. The number of carbonyl (C=O) groups excluding carboxylic acids is 3. The minimum atomic E-state index is -4.55. The number of hydroxylamine groups is 3. The van der Waals surface area contributed by atoms with Crippen LogP contribution < -0.4 is 20.4 Å². The van der Waals surface area contributed by atoms with Crippen molar-refractivity contribution in [1.82, 2.24) is 25.7 Å². The van der Waals surface area contributed by atoms with Gasteiger partial charge in [0.15, 0.2) is 5.71 Å². The number of methoxy groups -OCH3 is 1. The minimum Gasteiger partial charge on any atom is -0.497 e. The number of nitrogens with zero attached hydrogens (tertiary/aromatic N) is 5. The molecule has 0 spiro atoms. The van der Waals surface area contributed by atoms with E-state index in [2.05, 4.69) is 72.5 Å². The van der Waals surface area contributed by atoms with E-state index >= 15 is 0 Å². The van der Waals surface area contributed by atoms with Gasteiger partial charge >= 0.3 is 6.09 Å². The molecule has 1 atom stereocenters. The molecule has 1 fully saturated rings. The van der Waals surface area contributed by atoms with Gasteiger partial charge in [-0.15, -0.1) is 0 Å². The fourth-order valence-corrected chi connectivity index (χ4v) is 15.5. The number of benzene rings is 7. The number of allylic oxidation sites excluding steroid dienone is 6. The van der Waals surface area contributed by atoms with Crippen molar-refractivity contribution in [2.75, 3.05) is 84.2 Å². The number of aryl methyl sites for hydroxylation is 2. The Bertz CT molecular complexity index is 4490. The van der Waals surface area contributed by atoms with Crippen molar-refractivity contribution in [3.63, 3.8) is 0 Å². The summed E-state index contributed by atoms with van der Waals surface area (Å²) >= 11 is 0. The molecule has 0 aromatic heterocycles. The van der Waals surface area contributed by atoms with Gasteiger partial charge in [0.25, 0.3) is 26.1 Å². The Morgan fingerprint density at radius 2 is 1.41 bits per heavy atom. The normalized spacial score (nSPS) is 16.1. The van der Waals surface area contributed by atoms with Crippen molar-refractivity contribution in [2.45, 2.75) is 120 Å². The first-order valence-corrected chi connectivity index (χ1v) is 36.9. The van der Waals surface area contributed by atoms with Gasteiger partial charge in [-0.2, -0.15) is 26.5 Å².